The Morgan fingerprint density at radius 2 is 1.94 bits per heavy atom. The molecule has 0 aliphatic rings. The maximum absolute atomic E-state index is 11.4. The monoisotopic (exact) mass is 272 g/mol. The SMILES string of the molecule is COC(=O)C(O)c1cc(C(C)C)cc(OC)c1Cl. The van der Waals surface area contributed by atoms with Crippen LogP contribution in [-0.4, -0.2) is 25.3 Å². The zero-order chi connectivity index (χ0) is 13.9. The maximum atomic E-state index is 11.4. The largest absolute Gasteiger partial charge is 0.495 e. The van der Waals surface area contributed by atoms with Gasteiger partial charge in [-0.1, -0.05) is 31.5 Å². The van der Waals surface area contributed by atoms with E-state index in [-0.39, 0.29) is 10.9 Å². The molecule has 4 nitrogen and oxygen atoms in total. The fourth-order valence-electron chi connectivity index (χ4n) is 1.56. The second kappa shape index (κ2) is 6.07. The molecule has 1 atom stereocenters. The van der Waals surface area contributed by atoms with E-state index in [1.165, 1.54) is 14.2 Å². The molecule has 0 spiro atoms. The fraction of sp³-hybridized carbons (Fsp3) is 0.462. The molecule has 0 aromatic heterocycles. The molecule has 1 aromatic rings. The van der Waals surface area contributed by atoms with E-state index in [9.17, 15) is 9.90 Å². The Labute approximate surface area is 111 Å². The van der Waals surface area contributed by atoms with Crippen LogP contribution in [0.5, 0.6) is 5.75 Å². The molecule has 1 N–H and O–H groups in total. The number of carbonyl (C=O) groups is 1. The molecule has 18 heavy (non-hydrogen) atoms. The summed E-state index contributed by atoms with van der Waals surface area (Å²) in [5.74, 6) is -0.0968. The summed E-state index contributed by atoms with van der Waals surface area (Å²) in [6, 6.07) is 3.48. The predicted octanol–water partition coefficient (Wildman–Crippen LogP) is 2.68. The van der Waals surface area contributed by atoms with Crippen LogP contribution in [0.2, 0.25) is 5.02 Å². The van der Waals surface area contributed by atoms with Crippen molar-refractivity contribution in [1.29, 1.82) is 0 Å². The fourth-order valence-corrected chi connectivity index (χ4v) is 1.85. The summed E-state index contributed by atoms with van der Waals surface area (Å²) in [6.45, 7) is 3.99. The standard InChI is InChI=1S/C13H17ClO4/c1-7(2)8-5-9(12(15)13(16)18-4)11(14)10(6-8)17-3/h5-7,12,15H,1-4H3. The third kappa shape index (κ3) is 2.94. The molecule has 1 rings (SSSR count). The van der Waals surface area contributed by atoms with E-state index in [0.29, 0.717) is 11.3 Å². The maximum Gasteiger partial charge on any atom is 0.339 e. The van der Waals surface area contributed by atoms with Gasteiger partial charge in [-0.15, -0.1) is 0 Å². The minimum absolute atomic E-state index is 0.222. The molecule has 0 radical (unpaired) electrons. The Morgan fingerprint density at radius 3 is 2.39 bits per heavy atom. The average Bonchev–Trinajstić information content (AvgIpc) is 2.36. The molecule has 100 valence electrons. The number of aliphatic hydroxyl groups is 1. The zero-order valence-corrected chi connectivity index (χ0v) is 11.6. The molecular formula is C13H17ClO4. The quantitative estimate of drug-likeness (QED) is 0.856. The lowest BCUT2D eigenvalue weighted by Gasteiger charge is -2.16. The van der Waals surface area contributed by atoms with Gasteiger partial charge in [0.2, 0.25) is 0 Å². The molecule has 0 aliphatic carbocycles. The van der Waals surface area contributed by atoms with Crippen LogP contribution in [0.3, 0.4) is 0 Å². The summed E-state index contributed by atoms with van der Waals surface area (Å²) in [6.07, 6.45) is -1.41. The number of methoxy groups -OCH3 is 2. The molecule has 0 saturated carbocycles. The van der Waals surface area contributed by atoms with Crippen molar-refractivity contribution in [2.75, 3.05) is 14.2 Å². The van der Waals surface area contributed by atoms with Gasteiger partial charge in [0.1, 0.15) is 5.75 Å². The van der Waals surface area contributed by atoms with Crippen molar-refractivity contribution in [2.24, 2.45) is 0 Å². The first kappa shape index (κ1) is 14.8. The van der Waals surface area contributed by atoms with Crippen molar-refractivity contribution < 1.29 is 19.4 Å². The Hall–Kier alpha value is -1.26. The summed E-state index contributed by atoms with van der Waals surface area (Å²) in [5, 5.41) is 10.1. The van der Waals surface area contributed by atoms with Crippen LogP contribution < -0.4 is 4.74 Å². The number of carbonyl (C=O) groups excluding carboxylic acids is 1. The number of ether oxygens (including phenoxy) is 2. The van der Waals surface area contributed by atoms with Gasteiger partial charge in [-0.3, -0.25) is 0 Å². The Bertz CT molecular complexity index is 443. The molecule has 1 aromatic carbocycles. The van der Waals surface area contributed by atoms with Crippen LogP contribution in [0.15, 0.2) is 12.1 Å². The number of benzene rings is 1. The van der Waals surface area contributed by atoms with E-state index in [2.05, 4.69) is 4.74 Å². The van der Waals surface area contributed by atoms with Crippen molar-refractivity contribution in [2.45, 2.75) is 25.9 Å². The number of rotatable bonds is 4. The van der Waals surface area contributed by atoms with Gasteiger partial charge in [0.05, 0.1) is 19.2 Å². The number of hydrogen-bond donors (Lipinski definition) is 1. The van der Waals surface area contributed by atoms with Crippen LogP contribution >= 0.6 is 11.6 Å². The zero-order valence-electron chi connectivity index (χ0n) is 10.9. The highest BCUT2D eigenvalue weighted by molar-refractivity contribution is 6.33. The average molecular weight is 273 g/mol. The summed E-state index contributed by atoms with van der Waals surface area (Å²) >= 11 is 6.09. The molecule has 0 amide bonds. The first-order valence-electron chi connectivity index (χ1n) is 5.55. The highest BCUT2D eigenvalue weighted by Crippen LogP contribution is 2.36. The van der Waals surface area contributed by atoms with E-state index in [1.54, 1.807) is 12.1 Å². The molecule has 0 aliphatic heterocycles. The highest BCUT2D eigenvalue weighted by atomic mass is 35.5. The van der Waals surface area contributed by atoms with Crippen LogP contribution in [0.1, 0.15) is 37.0 Å². The number of halogens is 1. The molecule has 0 fully saturated rings. The molecular weight excluding hydrogens is 256 g/mol. The smallest absolute Gasteiger partial charge is 0.339 e. The van der Waals surface area contributed by atoms with Gasteiger partial charge < -0.3 is 14.6 Å². The predicted molar refractivity (Wildman–Crippen MR) is 69.1 cm³/mol. The van der Waals surface area contributed by atoms with Gasteiger partial charge in [0.25, 0.3) is 0 Å². The van der Waals surface area contributed by atoms with Gasteiger partial charge in [-0.2, -0.15) is 0 Å². The van der Waals surface area contributed by atoms with Gasteiger partial charge >= 0.3 is 5.97 Å². The first-order chi connectivity index (χ1) is 8.42. The van der Waals surface area contributed by atoms with Crippen molar-refractivity contribution in [3.8, 4) is 5.75 Å². The minimum atomic E-state index is -1.41. The second-order valence-corrected chi connectivity index (χ2v) is 4.58. The van der Waals surface area contributed by atoms with Gasteiger partial charge in [-0.05, 0) is 17.5 Å². The van der Waals surface area contributed by atoms with Crippen molar-refractivity contribution >= 4 is 17.6 Å². The molecule has 0 heterocycles. The normalized spacial score (nSPS) is 12.4. The van der Waals surface area contributed by atoms with Crippen LogP contribution in [0.25, 0.3) is 0 Å². The Morgan fingerprint density at radius 1 is 1.33 bits per heavy atom. The highest BCUT2D eigenvalue weighted by Gasteiger charge is 2.24. The number of aliphatic hydroxyl groups excluding tert-OH is 1. The van der Waals surface area contributed by atoms with Crippen LogP contribution in [-0.2, 0) is 9.53 Å². The Kier molecular flexibility index (Phi) is 4.99. The third-order valence-corrected chi connectivity index (χ3v) is 3.10. The van der Waals surface area contributed by atoms with Crippen LogP contribution in [0.4, 0.5) is 0 Å². The first-order valence-corrected chi connectivity index (χ1v) is 5.93. The van der Waals surface area contributed by atoms with Crippen molar-refractivity contribution in [3.05, 3.63) is 28.3 Å². The summed E-state index contributed by atoms with van der Waals surface area (Å²) in [4.78, 5) is 11.4. The van der Waals surface area contributed by atoms with E-state index in [4.69, 9.17) is 16.3 Å². The van der Waals surface area contributed by atoms with Crippen LogP contribution in [0, 0.1) is 0 Å². The lowest BCUT2D eigenvalue weighted by atomic mass is 9.98. The summed E-state index contributed by atoms with van der Waals surface area (Å²) in [7, 11) is 2.70. The molecule has 5 heteroatoms. The van der Waals surface area contributed by atoms with Crippen molar-refractivity contribution in [3.63, 3.8) is 0 Å². The lowest BCUT2D eigenvalue weighted by Crippen LogP contribution is -2.14. The topological polar surface area (TPSA) is 55.8 Å². The number of esters is 1. The van der Waals surface area contributed by atoms with E-state index < -0.39 is 12.1 Å². The van der Waals surface area contributed by atoms with Gasteiger partial charge in [-0.25, -0.2) is 4.79 Å². The lowest BCUT2D eigenvalue weighted by molar-refractivity contribution is -0.150. The van der Waals surface area contributed by atoms with E-state index >= 15 is 0 Å². The molecule has 0 saturated heterocycles. The third-order valence-electron chi connectivity index (χ3n) is 2.70. The second-order valence-electron chi connectivity index (χ2n) is 4.21. The van der Waals surface area contributed by atoms with E-state index in [0.717, 1.165) is 5.56 Å². The molecule has 1 unspecified atom stereocenters. The summed E-state index contributed by atoms with van der Waals surface area (Å²) in [5.41, 5.74) is 1.22. The minimum Gasteiger partial charge on any atom is -0.495 e. The summed E-state index contributed by atoms with van der Waals surface area (Å²) < 4.78 is 9.65. The van der Waals surface area contributed by atoms with E-state index in [1.807, 2.05) is 13.8 Å². The Balaban J connectivity index is 3.33. The molecule has 0 bridgehead atoms. The van der Waals surface area contributed by atoms with Gasteiger partial charge in [0.15, 0.2) is 6.10 Å². The number of hydrogen-bond acceptors (Lipinski definition) is 4. The van der Waals surface area contributed by atoms with Gasteiger partial charge in [0, 0.05) is 5.56 Å². The van der Waals surface area contributed by atoms with Crippen molar-refractivity contribution in [1.82, 2.24) is 0 Å².